The molecule has 1 amide bonds. The summed E-state index contributed by atoms with van der Waals surface area (Å²) >= 11 is 0. The quantitative estimate of drug-likeness (QED) is 0.665. The molecule has 2 fully saturated rings. The summed E-state index contributed by atoms with van der Waals surface area (Å²) in [7, 11) is 0. The van der Waals surface area contributed by atoms with Gasteiger partial charge >= 0.3 is 0 Å². The SMILES string of the molecule is O=C1CCCN(C2CCCCC2)N1. The monoisotopic (exact) mass is 182 g/mol. The Morgan fingerprint density at radius 1 is 1.15 bits per heavy atom. The van der Waals surface area contributed by atoms with Gasteiger partial charge < -0.3 is 0 Å². The van der Waals surface area contributed by atoms with Crippen LogP contribution in [0.2, 0.25) is 0 Å². The van der Waals surface area contributed by atoms with Crippen LogP contribution in [0.4, 0.5) is 0 Å². The van der Waals surface area contributed by atoms with Gasteiger partial charge in [0, 0.05) is 19.0 Å². The van der Waals surface area contributed by atoms with E-state index in [1.165, 1.54) is 32.1 Å². The summed E-state index contributed by atoms with van der Waals surface area (Å²) in [4.78, 5) is 11.2. The van der Waals surface area contributed by atoms with Crippen molar-refractivity contribution in [3.8, 4) is 0 Å². The Morgan fingerprint density at radius 2 is 1.92 bits per heavy atom. The van der Waals surface area contributed by atoms with Crippen LogP contribution in [0.3, 0.4) is 0 Å². The van der Waals surface area contributed by atoms with E-state index in [4.69, 9.17) is 0 Å². The van der Waals surface area contributed by atoms with Crippen LogP contribution in [-0.2, 0) is 4.79 Å². The summed E-state index contributed by atoms with van der Waals surface area (Å²) in [5, 5.41) is 2.17. The van der Waals surface area contributed by atoms with Crippen LogP contribution in [0.15, 0.2) is 0 Å². The van der Waals surface area contributed by atoms with E-state index in [0.29, 0.717) is 12.5 Å². The Bertz CT molecular complexity index is 187. The first-order chi connectivity index (χ1) is 6.36. The largest absolute Gasteiger partial charge is 0.289 e. The number of amides is 1. The van der Waals surface area contributed by atoms with Crippen molar-refractivity contribution in [2.24, 2.45) is 0 Å². The van der Waals surface area contributed by atoms with Crippen molar-refractivity contribution < 1.29 is 4.79 Å². The average Bonchev–Trinajstić information content (AvgIpc) is 2.19. The standard InChI is InChI=1S/C10H18N2O/c13-10-7-4-8-12(11-10)9-5-2-1-3-6-9/h9H,1-8H2,(H,11,13). The second-order valence-corrected chi connectivity index (χ2v) is 4.12. The molecule has 0 aromatic carbocycles. The molecule has 0 unspecified atom stereocenters. The first kappa shape index (κ1) is 9.00. The zero-order valence-corrected chi connectivity index (χ0v) is 8.09. The van der Waals surface area contributed by atoms with E-state index in [9.17, 15) is 4.79 Å². The Morgan fingerprint density at radius 3 is 2.62 bits per heavy atom. The lowest BCUT2D eigenvalue weighted by Gasteiger charge is -2.36. The van der Waals surface area contributed by atoms with Crippen molar-refractivity contribution >= 4 is 5.91 Å². The van der Waals surface area contributed by atoms with Crippen LogP contribution in [-0.4, -0.2) is 23.5 Å². The topological polar surface area (TPSA) is 32.3 Å². The molecule has 1 N–H and O–H groups in total. The minimum atomic E-state index is 0.205. The maximum Gasteiger partial charge on any atom is 0.234 e. The van der Waals surface area contributed by atoms with Gasteiger partial charge in [-0.2, -0.15) is 0 Å². The van der Waals surface area contributed by atoms with Gasteiger partial charge in [0.15, 0.2) is 0 Å². The van der Waals surface area contributed by atoms with Gasteiger partial charge in [-0.05, 0) is 19.3 Å². The van der Waals surface area contributed by atoms with E-state index >= 15 is 0 Å². The third kappa shape index (κ3) is 2.21. The lowest BCUT2D eigenvalue weighted by atomic mass is 9.94. The van der Waals surface area contributed by atoms with Crippen LogP contribution in [0, 0.1) is 0 Å². The van der Waals surface area contributed by atoms with Crippen molar-refractivity contribution in [1.29, 1.82) is 0 Å². The molecular weight excluding hydrogens is 164 g/mol. The molecule has 0 atom stereocenters. The molecule has 3 heteroatoms. The molecule has 1 aliphatic heterocycles. The Labute approximate surface area is 79.5 Å². The van der Waals surface area contributed by atoms with Crippen LogP contribution in [0.1, 0.15) is 44.9 Å². The fourth-order valence-electron chi connectivity index (χ4n) is 2.35. The molecule has 0 aromatic rings. The average molecular weight is 182 g/mol. The van der Waals surface area contributed by atoms with Crippen molar-refractivity contribution in [2.75, 3.05) is 6.54 Å². The van der Waals surface area contributed by atoms with Gasteiger partial charge in [-0.15, -0.1) is 0 Å². The number of nitrogens with one attached hydrogen (secondary N) is 1. The van der Waals surface area contributed by atoms with Crippen molar-refractivity contribution in [3.63, 3.8) is 0 Å². The Balaban J connectivity index is 1.87. The van der Waals surface area contributed by atoms with Gasteiger partial charge in [0.1, 0.15) is 0 Å². The van der Waals surface area contributed by atoms with Gasteiger partial charge in [0.05, 0.1) is 0 Å². The summed E-state index contributed by atoms with van der Waals surface area (Å²) in [6, 6.07) is 0.623. The van der Waals surface area contributed by atoms with E-state index in [-0.39, 0.29) is 5.91 Å². The van der Waals surface area contributed by atoms with Crippen LogP contribution in [0.5, 0.6) is 0 Å². The molecule has 74 valence electrons. The maximum absolute atomic E-state index is 11.2. The predicted octanol–water partition coefficient (Wildman–Crippen LogP) is 1.45. The zero-order valence-electron chi connectivity index (χ0n) is 8.09. The van der Waals surface area contributed by atoms with Crippen LogP contribution >= 0.6 is 0 Å². The molecule has 0 bridgehead atoms. The summed E-state index contributed by atoms with van der Waals surface area (Å²) in [5.41, 5.74) is 2.98. The molecular formula is C10H18N2O. The summed E-state index contributed by atoms with van der Waals surface area (Å²) < 4.78 is 0. The van der Waals surface area contributed by atoms with E-state index in [1.807, 2.05) is 0 Å². The number of carbonyl (C=O) groups is 1. The number of rotatable bonds is 1. The molecule has 0 spiro atoms. The fraction of sp³-hybridized carbons (Fsp3) is 0.900. The number of hydrogen-bond acceptors (Lipinski definition) is 2. The highest BCUT2D eigenvalue weighted by Gasteiger charge is 2.24. The molecule has 13 heavy (non-hydrogen) atoms. The predicted molar refractivity (Wildman–Crippen MR) is 51.0 cm³/mol. The molecule has 0 radical (unpaired) electrons. The number of nitrogens with zero attached hydrogens (tertiary/aromatic N) is 1. The lowest BCUT2D eigenvalue weighted by Crippen LogP contribution is -2.52. The van der Waals surface area contributed by atoms with Crippen molar-refractivity contribution in [2.45, 2.75) is 51.0 Å². The van der Waals surface area contributed by atoms with Gasteiger partial charge in [-0.1, -0.05) is 19.3 Å². The van der Waals surface area contributed by atoms with Crippen molar-refractivity contribution in [1.82, 2.24) is 10.4 Å². The van der Waals surface area contributed by atoms with Gasteiger partial charge in [0.2, 0.25) is 5.91 Å². The van der Waals surface area contributed by atoms with E-state index in [2.05, 4.69) is 10.4 Å². The molecule has 3 nitrogen and oxygen atoms in total. The van der Waals surface area contributed by atoms with Gasteiger partial charge in [-0.25, -0.2) is 5.01 Å². The summed E-state index contributed by atoms with van der Waals surface area (Å²) in [5.74, 6) is 0.205. The molecule has 2 aliphatic rings. The summed E-state index contributed by atoms with van der Waals surface area (Å²) in [6.07, 6.45) is 8.30. The highest BCUT2D eigenvalue weighted by molar-refractivity contribution is 5.75. The molecule has 2 rings (SSSR count). The van der Waals surface area contributed by atoms with Gasteiger partial charge in [0.25, 0.3) is 0 Å². The molecule has 1 aliphatic carbocycles. The van der Waals surface area contributed by atoms with Crippen molar-refractivity contribution in [3.05, 3.63) is 0 Å². The first-order valence-corrected chi connectivity index (χ1v) is 5.42. The van der Waals surface area contributed by atoms with E-state index in [0.717, 1.165) is 13.0 Å². The van der Waals surface area contributed by atoms with E-state index < -0.39 is 0 Å². The maximum atomic E-state index is 11.2. The Hall–Kier alpha value is -0.570. The highest BCUT2D eigenvalue weighted by Crippen LogP contribution is 2.22. The zero-order chi connectivity index (χ0) is 9.10. The second kappa shape index (κ2) is 4.09. The second-order valence-electron chi connectivity index (χ2n) is 4.12. The lowest BCUT2D eigenvalue weighted by molar-refractivity contribution is -0.130. The van der Waals surface area contributed by atoms with Crippen LogP contribution < -0.4 is 5.43 Å². The normalized spacial score (nSPS) is 27.2. The molecule has 1 saturated carbocycles. The first-order valence-electron chi connectivity index (χ1n) is 5.42. The molecule has 1 saturated heterocycles. The minimum Gasteiger partial charge on any atom is -0.289 e. The molecule has 1 heterocycles. The van der Waals surface area contributed by atoms with E-state index in [1.54, 1.807) is 0 Å². The third-order valence-electron chi connectivity index (χ3n) is 3.09. The number of hydrogen-bond donors (Lipinski definition) is 1. The summed E-state index contributed by atoms with van der Waals surface area (Å²) in [6.45, 7) is 1.05. The van der Waals surface area contributed by atoms with Gasteiger partial charge in [-0.3, -0.25) is 10.2 Å². The number of hydrazine groups is 1. The minimum absolute atomic E-state index is 0.205. The third-order valence-corrected chi connectivity index (χ3v) is 3.09. The fourth-order valence-corrected chi connectivity index (χ4v) is 2.35. The number of carbonyl (C=O) groups excluding carboxylic acids is 1. The highest BCUT2D eigenvalue weighted by atomic mass is 16.2. The molecule has 0 aromatic heterocycles. The van der Waals surface area contributed by atoms with Crippen LogP contribution in [0.25, 0.3) is 0 Å². The Kier molecular flexibility index (Phi) is 2.83. The smallest absolute Gasteiger partial charge is 0.234 e.